The van der Waals surface area contributed by atoms with Gasteiger partial charge >= 0.3 is 0 Å². The zero-order valence-corrected chi connectivity index (χ0v) is 10.3. The molecule has 0 aromatic heterocycles. The highest BCUT2D eigenvalue weighted by Crippen LogP contribution is 2.04. The molecular formula is C11H16ClN3O2. The van der Waals surface area contributed by atoms with Gasteiger partial charge < -0.3 is 16.4 Å². The van der Waals surface area contributed by atoms with E-state index in [4.69, 9.17) is 5.73 Å². The Hall–Kier alpha value is -1.59. The van der Waals surface area contributed by atoms with Crippen molar-refractivity contribution in [3.05, 3.63) is 35.4 Å². The number of primary amides is 1. The van der Waals surface area contributed by atoms with Crippen molar-refractivity contribution in [1.82, 2.24) is 10.6 Å². The lowest BCUT2D eigenvalue weighted by molar-refractivity contribution is 0.0954. The number of hydrogen-bond donors (Lipinski definition) is 3. The van der Waals surface area contributed by atoms with Crippen molar-refractivity contribution in [3.63, 3.8) is 0 Å². The highest BCUT2D eigenvalue weighted by molar-refractivity contribution is 5.99. The molecule has 2 amide bonds. The number of hydrogen-bond acceptors (Lipinski definition) is 3. The van der Waals surface area contributed by atoms with E-state index >= 15 is 0 Å². The minimum atomic E-state index is -0.537. The van der Waals surface area contributed by atoms with Crippen LogP contribution in [0.25, 0.3) is 0 Å². The van der Waals surface area contributed by atoms with Crippen LogP contribution in [0.3, 0.4) is 0 Å². The summed E-state index contributed by atoms with van der Waals surface area (Å²) >= 11 is 0. The number of benzene rings is 1. The molecule has 4 N–H and O–H groups in total. The van der Waals surface area contributed by atoms with Crippen LogP contribution in [-0.4, -0.2) is 32.0 Å². The Morgan fingerprint density at radius 2 is 1.88 bits per heavy atom. The van der Waals surface area contributed by atoms with Gasteiger partial charge in [0.25, 0.3) is 5.91 Å². The van der Waals surface area contributed by atoms with E-state index in [0.717, 1.165) is 0 Å². The molecular weight excluding hydrogens is 242 g/mol. The lowest BCUT2D eigenvalue weighted by atomic mass is 10.1. The molecule has 0 heterocycles. The highest BCUT2D eigenvalue weighted by Gasteiger charge is 2.07. The van der Waals surface area contributed by atoms with Crippen molar-refractivity contribution in [2.45, 2.75) is 0 Å². The predicted molar refractivity (Wildman–Crippen MR) is 68.5 cm³/mol. The van der Waals surface area contributed by atoms with Crippen LogP contribution in [0.1, 0.15) is 20.7 Å². The first-order valence-electron chi connectivity index (χ1n) is 4.98. The van der Waals surface area contributed by atoms with E-state index in [1.165, 1.54) is 6.07 Å². The van der Waals surface area contributed by atoms with Crippen molar-refractivity contribution in [2.24, 2.45) is 5.73 Å². The van der Waals surface area contributed by atoms with Crippen LogP contribution in [0.5, 0.6) is 0 Å². The van der Waals surface area contributed by atoms with Gasteiger partial charge in [-0.2, -0.15) is 0 Å². The van der Waals surface area contributed by atoms with Gasteiger partial charge in [0.05, 0.1) is 0 Å². The number of likely N-dealkylation sites (N-methyl/N-ethyl adjacent to an activating group) is 1. The molecule has 0 aliphatic carbocycles. The van der Waals surface area contributed by atoms with Crippen molar-refractivity contribution in [1.29, 1.82) is 0 Å². The zero-order valence-electron chi connectivity index (χ0n) is 9.53. The molecule has 0 unspecified atom stereocenters. The van der Waals surface area contributed by atoms with Gasteiger partial charge in [0.1, 0.15) is 0 Å². The third kappa shape index (κ3) is 4.84. The largest absolute Gasteiger partial charge is 0.366 e. The lowest BCUT2D eigenvalue weighted by Gasteiger charge is -2.05. The summed E-state index contributed by atoms with van der Waals surface area (Å²) in [7, 11) is 1.81. The van der Waals surface area contributed by atoms with Gasteiger partial charge in [-0.15, -0.1) is 12.4 Å². The third-order valence-corrected chi connectivity index (χ3v) is 2.07. The summed E-state index contributed by atoms with van der Waals surface area (Å²) in [6, 6.07) is 6.33. The number of carbonyl (C=O) groups excluding carboxylic acids is 2. The Morgan fingerprint density at radius 3 is 2.47 bits per heavy atom. The van der Waals surface area contributed by atoms with Gasteiger partial charge in [-0.25, -0.2) is 0 Å². The molecule has 0 saturated heterocycles. The third-order valence-electron chi connectivity index (χ3n) is 2.07. The predicted octanol–water partition coefficient (Wildman–Crippen LogP) is 0.156. The average molecular weight is 258 g/mol. The number of nitrogens with two attached hydrogens (primary N) is 1. The monoisotopic (exact) mass is 257 g/mol. The summed E-state index contributed by atoms with van der Waals surface area (Å²) in [6.07, 6.45) is 0. The first-order valence-corrected chi connectivity index (χ1v) is 4.98. The summed E-state index contributed by atoms with van der Waals surface area (Å²) in [5.41, 5.74) is 5.90. The van der Waals surface area contributed by atoms with Gasteiger partial charge in [0, 0.05) is 24.2 Å². The standard InChI is InChI=1S/C11H15N3O2.ClH/c1-13-5-6-14-11(16)9-4-2-3-8(7-9)10(12)15;/h2-4,7,13H,5-6H2,1H3,(H2,12,15)(H,14,16);1H. The molecule has 0 aliphatic heterocycles. The molecule has 1 aromatic rings. The molecule has 0 spiro atoms. The van der Waals surface area contributed by atoms with Crippen molar-refractivity contribution in [2.75, 3.05) is 20.1 Å². The van der Waals surface area contributed by atoms with Gasteiger partial charge in [-0.1, -0.05) is 6.07 Å². The molecule has 0 radical (unpaired) electrons. The summed E-state index contributed by atoms with van der Waals surface area (Å²) in [4.78, 5) is 22.5. The second-order valence-corrected chi connectivity index (χ2v) is 3.30. The Balaban J connectivity index is 0.00000256. The summed E-state index contributed by atoms with van der Waals surface area (Å²) < 4.78 is 0. The molecule has 1 aromatic carbocycles. The second kappa shape index (κ2) is 7.65. The maximum atomic E-state index is 11.6. The fourth-order valence-electron chi connectivity index (χ4n) is 1.22. The van der Waals surface area contributed by atoms with E-state index in [9.17, 15) is 9.59 Å². The molecule has 17 heavy (non-hydrogen) atoms. The Kier molecular flexibility index (Phi) is 6.93. The van der Waals surface area contributed by atoms with Crippen LogP contribution in [0, 0.1) is 0 Å². The minimum absolute atomic E-state index is 0. The maximum Gasteiger partial charge on any atom is 0.251 e. The van der Waals surface area contributed by atoms with E-state index in [-0.39, 0.29) is 18.3 Å². The lowest BCUT2D eigenvalue weighted by Crippen LogP contribution is -2.30. The molecule has 6 heteroatoms. The maximum absolute atomic E-state index is 11.6. The van der Waals surface area contributed by atoms with E-state index < -0.39 is 5.91 Å². The molecule has 0 fully saturated rings. The number of halogens is 1. The molecule has 0 atom stereocenters. The fourth-order valence-corrected chi connectivity index (χ4v) is 1.22. The first-order chi connectivity index (χ1) is 7.65. The first kappa shape index (κ1) is 15.4. The van der Waals surface area contributed by atoms with Crippen LogP contribution in [0.15, 0.2) is 24.3 Å². The van der Waals surface area contributed by atoms with Crippen LogP contribution >= 0.6 is 12.4 Å². The van der Waals surface area contributed by atoms with Crippen molar-refractivity contribution in [3.8, 4) is 0 Å². The summed E-state index contributed by atoms with van der Waals surface area (Å²) in [5.74, 6) is -0.747. The normalized spacial score (nSPS) is 9.24. The Labute approximate surface area is 106 Å². The van der Waals surface area contributed by atoms with Crippen LogP contribution in [0.2, 0.25) is 0 Å². The smallest absolute Gasteiger partial charge is 0.251 e. The number of rotatable bonds is 5. The van der Waals surface area contributed by atoms with E-state index in [2.05, 4.69) is 10.6 Å². The Bertz CT molecular complexity index is 396. The molecule has 0 aliphatic rings. The van der Waals surface area contributed by atoms with E-state index in [1.54, 1.807) is 25.2 Å². The quantitative estimate of drug-likeness (QED) is 0.657. The van der Waals surface area contributed by atoms with Crippen LogP contribution < -0.4 is 16.4 Å². The SMILES string of the molecule is CNCCNC(=O)c1cccc(C(N)=O)c1.Cl. The molecule has 5 nitrogen and oxygen atoms in total. The molecule has 0 bridgehead atoms. The van der Waals surface area contributed by atoms with Crippen molar-refractivity contribution < 1.29 is 9.59 Å². The summed E-state index contributed by atoms with van der Waals surface area (Å²) in [6.45, 7) is 1.23. The zero-order chi connectivity index (χ0) is 12.0. The van der Waals surface area contributed by atoms with Gasteiger partial charge in [-0.3, -0.25) is 9.59 Å². The summed E-state index contributed by atoms with van der Waals surface area (Å²) in [5, 5.41) is 5.63. The second-order valence-electron chi connectivity index (χ2n) is 3.30. The topological polar surface area (TPSA) is 84.2 Å². The van der Waals surface area contributed by atoms with E-state index in [0.29, 0.717) is 24.2 Å². The molecule has 0 saturated carbocycles. The fraction of sp³-hybridized carbons (Fsp3) is 0.273. The molecule has 1 rings (SSSR count). The van der Waals surface area contributed by atoms with Crippen molar-refractivity contribution >= 4 is 24.2 Å². The van der Waals surface area contributed by atoms with Gasteiger partial charge in [0.2, 0.25) is 5.91 Å². The van der Waals surface area contributed by atoms with Crippen LogP contribution in [-0.2, 0) is 0 Å². The number of carbonyl (C=O) groups is 2. The average Bonchev–Trinajstić information content (AvgIpc) is 2.29. The van der Waals surface area contributed by atoms with Gasteiger partial charge in [-0.05, 0) is 25.2 Å². The highest BCUT2D eigenvalue weighted by atomic mass is 35.5. The Morgan fingerprint density at radius 1 is 1.24 bits per heavy atom. The molecule has 94 valence electrons. The minimum Gasteiger partial charge on any atom is -0.366 e. The van der Waals surface area contributed by atoms with E-state index in [1.807, 2.05) is 0 Å². The number of amides is 2. The van der Waals surface area contributed by atoms with Gasteiger partial charge in [0.15, 0.2) is 0 Å². The van der Waals surface area contributed by atoms with Crippen LogP contribution in [0.4, 0.5) is 0 Å². The number of nitrogens with one attached hydrogen (secondary N) is 2.